The molecule has 0 saturated heterocycles. The van der Waals surface area contributed by atoms with Gasteiger partial charge in [0.2, 0.25) is 5.69 Å². The Hall–Kier alpha value is -2.08. The number of halogens is 1. The number of benzene rings is 1. The lowest BCUT2D eigenvalue weighted by molar-refractivity contribution is 0.0372. The fourth-order valence-corrected chi connectivity index (χ4v) is 1.97. The number of aryl methyl sites for hydroxylation is 1. The maximum absolute atomic E-state index is 11.8. The van der Waals surface area contributed by atoms with Crippen molar-refractivity contribution in [3.63, 3.8) is 0 Å². The van der Waals surface area contributed by atoms with Gasteiger partial charge in [-0.05, 0) is 44.5 Å². The molecule has 2 N–H and O–H groups in total. The van der Waals surface area contributed by atoms with Gasteiger partial charge < -0.3 is 10.5 Å². The first-order chi connectivity index (χ1) is 9.40. The Labute approximate surface area is 121 Å². The predicted molar refractivity (Wildman–Crippen MR) is 76.1 cm³/mol. The lowest BCUT2D eigenvalue weighted by Gasteiger charge is -2.08. The monoisotopic (exact) mass is 294 g/mol. The summed E-state index contributed by atoms with van der Waals surface area (Å²) in [6.07, 6.45) is -0.246. The number of hydrogen-bond donors (Lipinski definition) is 1. The maximum atomic E-state index is 11.8. The molecule has 0 atom stereocenters. The average molecular weight is 295 g/mol. The fourth-order valence-electron chi connectivity index (χ4n) is 1.74. The summed E-state index contributed by atoms with van der Waals surface area (Å²) in [6, 6.07) is 5.27. The van der Waals surface area contributed by atoms with Crippen molar-refractivity contribution < 1.29 is 9.53 Å². The minimum atomic E-state index is -0.588. The molecule has 0 unspecified atom stereocenters. The summed E-state index contributed by atoms with van der Waals surface area (Å²) in [4.78, 5) is 11.8. The Morgan fingerprint density at radius 1 is 1.45 bits per heavy atom. The fraction of sp³-hybridized carbons (Fsp3) is 0.308. The first-order valence-corrected chi connectivity index (χ1v) is 6.46. The molecule has 0 aliphatic heterocycles. The largest absolute Gasteiger partial charge is 0.458 e. The predicted octanol–water partition coefficient (Wildman–Crippen LogP) is 2.38. The van der Waals surface area contributed by atoms with Gasteiger partial charge in [0.05, 0.1) is 11.8 Å². The van der Waals surface area contributed by atoms with E-state index in [2.05, 4.69) is 10.3 Å². The molecule has 6 nitrogen and oxygen atoms in total. The lowest BCUT2D eigenvalue weighted by atomic mass is 10.2. The van der Waals surface area contributed by atoms with Crippen LogP contribution in [-0.4, -0.2) is 27.1 Å². The van der Waals surface area contributed by atoms with Gasteiger partial charge in [-0.25, -0.2) is 4.79 Å². The maximum Gasteiger partial charge on any atom is 0.363 e. The minimum Gasteiger partial charge on any atom is -0.458 e. The van der Waals surface area contributed by atoms with Gasteiger partial charge in [0.1, 0.15) is 0 Å². The Morgan fingerprint density at radius 3 is 2.75 bits per heavy atom. The number of esters is 1. The van der Waals surface area contributed by atoms with Gasteiger partial charge in [0.25, 0.3) is 0 Å². The molecule has 106 valence electrons. The van der Waals surface area contributed by atoms with Gasteiger partial charge in [0.15, 0.2) is 5.82 Å². The number of hydrogen-bond acceptors (Lipinski definition) is 5. The third-order valence-electron chi connectivity index (χ3n) is 2.63. The number of carbonyl (C=O) groups is 1. The Morgan fingerprint density at radius 2 is 2.15 bits per heavy atom. The molecule has 20 heavy (non-hydrogen) atoms. The van der Waals surface area contributed by atoms with Crippen LogP contribution >= 0.6 is 11.6 Å². The molecule has 0 bridgehead atoms. The second-order valence-corrected chi connectivity index (χ2v) is 5.06. The summed E-state index contributed by atoms with van der Waals surface area (Å²) >= 11 is 5.91. The van der Waals surface area contributed by atoms with Crippen LogP contribution in [-0.2, 0) is 4.74 Å². The van der Waals surface area contributed by atoms with E-state index in [1.807, 2.05) is 6.92 Å². The molecule has 1 heterocycles. The number of anilines is 1. The van der Waals surface area contributed by atoms with Gasteiger partial charge in [-0.15, -0.1) is 5.10 Å². The van der Waals surface area contributed by atoms with Gasteiger partial charge in [-0.3, -0.25) is 0 Å². The normalized spacial score (nSPS) is 10.8. The zero-order valence-electron chi connectivity index (χ0n) is 11.4. The summed E-state index contributed by atoms with van der Waals surface area (Å²) in [6.45, 7) is 5.37. The summed E-state index contributed by atoms with van der Waals surface area (Å²) in [7, 11) is 0. The molecule has 0 spiro atoms. The molecule has 7 heteroatoms. The third-order valence-corrected chi connectivity index (χ3v) is 2.86. The van der Waals surface area contributed by atoms with Crippen LogP contribution in [0.3, 0.4) is 0 Å². The average Bonchev–Trinajstić information content (AvgIpc) is 2.70. The highest BCUT2D eigenvalue weighted by atomic mass is 35.5. The highest BCUT2D eigenvalue weighted by molar-refractivity contribution is 6.30. The van der Waals surface area contributed by atoms with Gasteiger partial charge in [-0.2, -0.15) is 4.68 Å². The molecule has 0 saturated carbocycles. The van der Waals surface area contributed by atoms with Gasteiger partial charge in [-0.1, -0.05) is 16.8 Å². The molecular weight excluding hydrogens is 280 g/mol. The van der Waals surface area contributed by atoms with Crippen LogP contribution in [0.2, 0.25) is 5.02 Å². The van der Waals surface area contributed by atoms with Crippen molar-refractivity contribution in [2.24, 2.45) is 0 Å². The molecule has 0 amide bonds. The SMILES string of the molecule is Cc1cc(Cl)ccc1-n1nnc(C(=O)OC(C)C)c1N. The van der Waals surface area contributed by atoms with E-state index in [0.717, 1.165) is 5.56 Å². The molecular formula is C13H15ClN4O2. The number of nitrogens with two attached hydrogens (primary N) is 1. The zero-order chi connectivity index (χ0) is 14.9. The Kier molecular flexibility index (Phi) is 3.94. The van der Waals surface area contributed by atoms with E-state index < -0.39 is 5.97 Å². The molecule has 2 aromatic rings. The van der Waals surface area contributed by atoms with Crippen molar-refractivity contribution in [1.29, 1.82) is 0 Å². The molecule has 0 aliphatic rings. The minimum absolute atomic E-state index is 0.00745. The smallest absolute Gasteiger partial charge is 0.363 e. The Balaban J connectivity index is 2.40. The van der Waals surface area contributed by atoms with Crippen molar-refractivity contribution in [2.75, 3.05) is 5.73 Å². The van der Waals surface area contributed by atoms with Crippen LogP contribution in [0.15, 0.2) is 18.2 Å². The number of nitrogen functional groups attached to an aromatic ring is 1. The number of carbonyl (C=O) groups excluding carboxylic acids is 1. The summed E-state index contributed by atoms with van der Waals surface area (Å²) in [5.41, 5.74) is 7.51. The van der Waals surface area contributed by atoms with Gasteiger partial charge >= 0.3 is 5.97 Å². The number of rotatable bonds is 3. The quantitative estimate of drug-likeness (QED) is 0.879. The van der Waals surface area contributed by atoms with Crippen LogP contribution in [0.1, 0.15) is 29.9 Å². The summed E-state index contributed by atoms with van der Waals surface area (Å²) in [5.74, 6) is -0.448. The number of ether oxygens (including phenoxy) is 1. The van der Waals surface area contributed by atoms with Crippen molar-refractivity contribution in [2.45, 2.75) is 26.9 Å². The first kappa shape index (κ1) is 14.3. The van der Waals surface area contributed by atoms with E-state index in [4.69, 9.17) is 22.1 Å². The highest BCUT2D eigenvalue weighted by Gasteiger charge is 2.21. The Bertz CT molecular complexity index is 652. The topological polar surface area (TPSA) is 83.0 Å². The summed E-state index contributed by atoms with van der Waals surface area (Å²) < 4.78 is 6.45. The number of nitrogens with zero attached hydrogens (tertiary/aromatic N) is 3. The lowest BCUT2D eigenvalue weighted by Crippen LogP contribution is -2.14. The van der Waals surface area contributed by atoms with E-state index in [1.54, 1.807) is 32.0 Å². The van der Waals surface area contributed by atoms with Crippen LogP contribution < -0.4 is 5.73 Å². The third kappa shape index (κ3) is 2.75. The molecule has 0 fully saturated rings. The molecule has 1 aromatic carbocycles. The summed E-state index contributed by atoms with van der Waals surface area (Å²) in [5, 5.41) is 8.31. The molecule has 2 rings (SSSR count). The van der Waals surface area contributed by atoms with E-state index in [0.29, 0.717) is 10.7 Å². The molecule has 1 aromatic heterocycles. The standard InChI is InChI=1S/C13H15ClN4O2/c1-7(2)20-13(19)11-12(15)18(17-16-11)10-5-4-9(14)6-8(10)3/h4-7H,15H2,1-3H3. The van der Waals surface area contributed by atoms with Crippen molar-refractivity contribution in [3.05, 3.63) is 34.5 Å². The zero-order valence-corrected chi connectivity index (χ0v) is 12.2. The molecule has 0 radical (unpaired) electrons. The van der Waals surface area contributed by atoms with Crippen LogP contribution in [0.5, 0.6) is 0 Å². The van der Waals surface area contributed by atoms with E-state index in [-0.39, 0.29) is 17.6 Å². The van der Waals surface area contributed by atoms with Crippen molar-refractivity contribution in [1.82, 2.24) is 15.0 Å². The van der Waals surface area contributed by atoms with E-state index in [1.165, 1.54) is 4.68 Å². The highest BCUT2D eigenvalue weighted by Crippen LogP contribution is 2.22. The molecule has 0 aliphatic carbocycles. The van der Waals surface area contributed by atoms with Crippen LogP contribution in [0.4, 0.5) is 5.82 Å². The van der Waals surface area contributed by atoms with Crippen molar-refractivity contribution >= 4 is 23.4 Å². The second-order valence-electron chi connectivity index (χ2n) is 4.62. The van der Waals surface area contributed by atoms with E-state index >= 15 is 0 Å². The van der Waals surface area contributed by atoms with Gasteiger partial charge in [0, 0.05) is 5.02 Å². The first-order valence-electron chi connectivity index (χ1n) is 6.09. The number of aromatic nitrogens is 3. The van der Waals surface area contributed by atoms with Crippen LogP contribution in [0.25, 0.3) is 5.69 Å². The van der Waals surface area contributed by atoms with Crippen LogP contribution in [0, 0.1) is 6.92 Å². The van der Waals surface area contributed by atoms with E-state index in [9.17, 15) is 4.79 Å². The van der Waals surface area contributed by atoms with Crippen molar-refractivity contribution in [3.8, 4) is 5.69 Å². The second kappa shape index (κ2) is 5.50.